The molecule has 2 aliphatic heterocycles. The molecule has 5 nitrogen and oxygen atoms in total. The minimum Gasteiger partial charge on any atom is -0.456 e. The zero-order valence-electron chi connectivity index (χ0n) is 33.8. The van der Waals surface area contributed by atoms with E-state index in [0.717, 1.165) is 67.3 Å². The Hall–Kier alpha value is -8.02. The van der Waals surface area contributed by atoms with Gasteiger partial charge in [-0.15, -0.1) is 0 Å². The molecule has 0 saturated heterocycles. The van der Waals surface area contributed by atoms with E-state index >= 15 is 0 Å². The molecule has 0 amide bonds. The molecule has 62 heavy (non-hydrogen) atoms. The molecule has 0 bridgehead atoms. The van der Waals surface area contributed by atoms with E-state index in [4.69, 9.17) is 14.4 Å². The predicted octanol–water partition coefficient (Wildman–Crippen LogP) is 13.6. The smallest absolute Gasteiger partial charge is 0.169 e. The maximum atomic E-state index is 6.80. The maximum absolute atomic E-state index is 6.80. The van der Waals surface area contributed by atoms with Crippen LogP contribution in [-0.2, 0) is 0 Å². The average molecular weight is 797 g/mol. The van der Waals surface area contributed by atoms with Crippen molar-refractivity contribution in [1.29, 1.82) is 0 Å². The Bertz CT molecular complexity index is 3240. The van der Waals surface area contributed by atoms with Crippen LogP contribution in [0, 0.1) is 0 Å². The summed E-state index contributed by atoms with van der Waals surface area (Å²) in [6.07, 6.45) is 4.03. The van der Waals surface area contributed by atoms with Crippen molar-refractivity contribution in [2.75, 3.05) is 4.90 Å². The van der Waals surface area contributed by atoms with Crippen LogP contribution in [0.5, 0.6) is 0 Å². The number of fused-ring (bicyclic) bond motifs is 7. The van der Waals surface area contributed by atoms with E-state index < -0.39 is 6.17 Å². The number of nitrogens with one attached hydrogen (secondary N) is 1. The van der Waals surface area contributed by atoms with Gasteiger partial charge in [0.15, 0.2) is 6.17 Å². The van der Waals surface area contributed by atoms with Crippen LogP contribution >= 0.6 is 0 Å². The Morgan fingerprint density at radius 2 is 1.03 bits per heavy atom. The number of rotatable bonds is 7. The summed E-state index contributed by atoms with van der Waals surface area (Å²) in [6.45, 7) is 0. The van der Waals surface area contributed by atoms with Gasteiger partial charge in [-0.2, -0.15) is 0 Å². The summed E-state index contributed by atoms with van der Waals surface area (Å²) >= 11 is 0. The standard InChI is InChI=1S/C57H40N4O/c1-4-15-37(16-5-1)40-21-12-24-43(33-40)55-58-56(44-25-13-22-41(34-44)38-17-6-2-7-18-38)60-57(59-55)45-29-30-48-52(36-45)62-51-32-31-50-53(54(48)51)47-27-10-11-28-49(47)61(50)46-26-14-23-42(35-46)39-19-8-3-9-20-39/h1-36,50,53,55H,(H,58,59,60). The van der Waals surface area contributed by atoms with Crippen LogP contribution in [0.3, 0.4) is 0 Å². The fourth-order valence-corrected chi connectivity index (χ4v) is 9.56. The van der Waals surface area contributed by atoms with E-state index in [9.17, 15) is 0 Å². The minimum absolute atomic E-state index is 0.0913. The fraction of sp³-hybridized carbons (Fsp3) is 0.0526. The summed E-state index contributed by atoms with van der Waals surface area (Å²) in [7, 11) is 0. The third-order valence-corrected chi connectivity index (χ3v) is 12.5. The van der Waals surface area contributed by atoms with E-state index in [1.54, 1.807) is 0 Å². The van der Waals surface area contributed by atoms with Crippen molar-refractivity contribution in [3.63, 3.8) is 0 Å². The summed E-state index contributed by atoms with van der Waals surface area (Å²) in [5.41, 5.74) is 15.7. The van der Waals surface area contributed by atoms with Crippen LogP contribution in [0.25, 0.3) is 50.4 Å². The molecule has 1 aliphatic carbocycles. The molecule has 0 spiro atoms. The maximum Gasteiger partial charge on any atom is 0.169 e. The summed E-state index contributed by atoms with van der Waals surface area (Å²) < 4.78 is 6.80. The van der Waals surface area contributed by atoms with Gasteiger partial charge in [-0.25, -0.2) is 9.98 Å². The molecule has 9 aromatic rings. The molecule has 12 rings (SSSR count). The first-order chi connectivity index (χ1) is 30.7. The molecule has 3 unspecified atom stereocenters. The van der Waals surface area contributed by atoms with Crippen molar-refractivity contribution >= 4 is 40.1 Å². The second kappa shape index (κ2) is 14.9. The lowest BCUT2D eigenvalue weighted by Gasteiger charge is -2.30. The highest BCUT2D eigenvalue weighted by molar-refractivity contribution is 6.17. The fourth-order valence-electron chi connectivity index (χ4n) is 9.56. The number of anilines is 2. The van der Waals surface area contributed by atoms with Gasteiger partial charge in [-0.05, 0) is 87.0 Å². The lowest BCUT2D eigenvalue weighted by molar-refractivity contribution is 0.584. The van der Waals surface area contributed by atoms with Gasteiger partial charge in [0.1, 0.15) is 23.0 Å². The van der Waals surface area contributed by atoms with Gasteiger partial charge in [0.2, 0.25) is 0 Å². The van der Waals surface area contributed by atoms with Crippen molar-refractivity contribution in [3.05, 3.63) is 246 Å². The number of hydrogen-bond donors (Lipinski definition) is 1. The molecule has 3 aliphatic rings. The van der Waals surface area contributed by atoms with Crippen molar-refractivity contribution < 1.29 is 4.42 Å². The second-order valence-electron chi connectivity index (χ2n) is 16.2. The number of hydrogen-bond acceptors (Lipinski definition) is 5. The Kier molecular flexibility index (Phi) is 8.63. The van der Waals surface area contributed by atoms with E-state index in [-0.39, 0.29) is 12.0 Å². The molecule has 3 atom stereocenters. The predicted molar refractivity (Wildman–Crippen MR) is 254 cm³/mol. The van der Waals surface area contributed by atoms with Gasteiger partial charge in [-0.1, -0.05) is 176 Å². The van der Waals surface area contributed by atoms with Crippen LogP contribution in [0.2, 0.25) is 0 Å². The molecule has 1 aromatic heterocycles. The monoisotopic (exact) mass is 796 g/mol. The molecule has 294 valence electrons. The van der Waals surface area contributed by atoms with Crippen molar-refractivity contribution in [2.45, 2.75) is 18.1 Å². The number of benzene rings is 8. The number of nitrogens with zero attached hydrogens (tertiary/aromatic N) is 3. The van der Waals surface area contributed by atoms with Gasteiger partial charge in [-0.3, -0.25) is 0 Å². The number of furan rings is 1. The van der Waals surface area contributed by atoms with Crippen LogP contribution < -0.4 is 10.2 Å². The summed E-state index contributed by atoms with van der Waals surface area (Å²) in [4.78, 5) is 13.1. The van der Waals surface area contributed by atoms with Crippen LogP contribution in [0.4, 0.5) is 11.4 Å². The Labute approximate surface area is 360 Å². The third-order valence-electron chi connectivity index (χ3n) is 12.5. The topological polar surface area (TPSA) is 53.1 Å². The number of amidine groups is 2. The van der Waals surface area contributed by atoms with E-state index in [2.05, 4.69) is 216 Å². The van der Waals surface area contributed by atoms with Gasteiger partial charge in [0.25, 0.3) is 0 Å². The van der Waals surface area contributed by atoms with E-state index in [0.29, 0.717) is 0 Å². The summed E-state index contributed by atoms with van der Waals surface area (Å²) in [5.74, 6) is 2.52. The quantitative estimate of drug-likeness (QED) is 0.175. The molecule has 8 aromatic carbocycles. The van der Waals surface area contributed by atoms with Gasteiger partial charge in [0, 0.05) is 39.4 Å². The first kappa shape index (κ1) is 35.9. The zero-order chi connectivity index (χ0) is 41.0. The van der Waals surface area contributed by atoms with Crippen LogP contribution in [0.1, 0.15) is 45.7 Å². The molecule has 5 heteroatoms. The molecule has 1 N–H and O–H groups in total. The highest BCUT2D eigenvalue weighted by Crippen LogP contribution is 2.53. The Morgan fingerprint density at radius 3 is 1.74 bits per heavy atom. The summed E-state index contributed by atoms with van der Waals surface area (Å²) in [5, 5.41) is 4.78. The van der Waals surface area contributed by atoms with Gasteiger partial charge >= 0.3 is 0 Å². The lowest BCUT2D eigenvalue weighted by atomic mass is 9.82. The first-order valence-corrected chi connectivity index (χ1v) is 21.2. The normalized spacial score (nSPS) is 17.4. The van der Waals surface area contributed by atoms with Crippen LogP contribution in [0.15, 0.2) is 227 Å². The van der Waals surface area contributed by atoms with Gasteiger partial charge in [0.05, 0.1) is 6.04 Å². The largest absolute Gasteiger partial charge is 0.456 e. The van der Waals surface area contributed by atoms with Crippen LogP contribution in [-0.4, -0.2) is 17.7 Å². The molecule has 0 saturated carbocycles. The molecule has 3 heterocycles. The first-order valence-electron chi connectivity index (χ1n) is 21.2. The number of para-hydroxylation sites is 1. The van der Waals surface area contributed by atoms with Gasteiger partial charge < -0.3 is 14.6 Å². The third kappa shape index (κ3) is 6.25. The molecular weight excluding hydrogens is 757 g/mol. The molecular formula is C57H40N4O. The lowest BCUT2D eigenvalue weighted by Crippen LogP contribution is -2.36. The van der Waals surface area contributed by atoms with Crippen molar-refractivity contribution in [3.8, 4) is 33.4 Å². The van der Waals surface area contributed by atoms with E-state index in [1.165, 1.54) is 33.6 Å². The zero-order valence-corrected chi connectivity index (χ0v) is 33.8. The van der Waals surface area contributed by atoms with E-state index in [1.807, 2.05) is 12.1 Å². The second-order valence-corrected chi connectivity index (χ2v) is 16.2. The summed E-state index contributed by atoms with van der Waals surface area (Å²) in [6, 6.07) is 73.1. The number of aliphatic imine (C=N–C) groups is 2. The Balaban J connectivity index is 0.932. The molecule has 0 fully saturated rings. The minimum atomic E-state index is -0.462. The van der Waals surface area contributed by atoms with Crippen molar-refractivity contribution in [2.24, 2.45) is 9.98 Å². The SMILES string of the molecule is C1=CC2C(c3ccccc3N2c2cccc(-c3ccccc3)c2)c2c1oc1cc(C3=NC(c4cccc(-c5ccccc5)c4)N=C(c4cccc(-c5ccccc5)c4)N3)ccc21. The highest BCUT2D eigenvalue weighted by Gasteiger charge is 2.43. The Morgan fingerprint density at radius 1 is 0.468 bits per heavy atom. The van der Waals surface area contributed by atoms with Crippen molar-refractivity contribution in [1.82, 2.24) is 5.32 Å². The average Bonchev–Trinajstić information content (AvgIpc) is 3.90. The molecule has 0 radical (unpaired) electrons. The highest BCUT2D eigenvalue weighted by atomic mass is 16.3.